The van der Waals surface area contributed by atoms with Gasteiger partial charge in [0.1, 0.15) is 11.5 Å². The second kappa shape index (κ2) is 8.09. The van der Waals surface area contributed by atoms with Crippen LogP contribution in [0, 0.1) is 11.8 Å². The van der Waals surface area contributed by atoms with Gasteiger partial charge in [-0.2, -0.15) is 0 Å². The van der Waals surface area contributed by atoms with E-state index in [0.29, 0.717) is 26.3 Å². The van der Waals surface area contributed by atoms with Gasteiger partial charge in [-0.25, -0.2) is 0 Å². The summed E-state index contributed by atoms with van der Waals surface area (Å²) in [6.07, 6.45) is 7.53. The molecule has 0 saturated carbocycles. The Morgan fingerprint density at radius 1 is 1.35 bits per heavy atom. The van der Waals surface area contributed by atoms with E-state index in [1.807, 2.05) is 30.9 Å². The smallest absolute Gasteiger partial charge is 0.312 e. The Morgan fingerprint density at radius 3 is 2.88 bits per heavy atom. The number of hydrogen-bond acceptors (Lipinski definition) is 5. The zero-order valence-corrected chi connectivity index (χ0v) is 16.1. The van der Waals surface area contributed by atoms with Crippen LogP contribution in [0.1, 0.15) is 46.5 Å². The van der Waals surface area contributed by atoms with Crippen molar-refractivity contribution >= 4 is 11.9 Å². The van der Waals surface area contributed by atoms with Crippen molar-refractivity contribution in [2.24, 2.45) is 11.8 Å². The van der Waals surface area contributed by atoms with Gasteiger partial charge in [0.2, 0.25) is 5.91 Å². The number of unbranched alkanes of at least 4 members (excludes halogenated alkanes) is 2. The number of rotatable bonds is 10. The van der Waals surface area contributed by atoms with Gasteiger partial charge < -0.3 is 19.1 Å². The standard InChI is InChI=1S/C20H31NO5/c1-4-5-6-11-25-19(23)16-15-8-9-20(26-15)13-21(18(22)17(16)20)10-7-12-24-14(2)3/h8-9,14-17H,4-7,10-13H2,1-3H3/t15-,16+,17-,20+/m0/s1. The number of fused-ring (bicyclic) bond motifs is 1. The molecule has 3 aliphatic rings. The van der Waals surface area contributed by atoms with Gasteiger partial charge in [-0.1, -0.05) is 31.9 Å². The van der Waals surface area contributed by atoms with Crippen molar-refractivity contribution in [3.63, 3.8) is 0 Å². The third kappa shape index (κ3) is 3.67. The van der Waals surface area contributed by atoms with Gasteiger partial charge in [0.05, 0.1) is 31.3 Å². The molecule has 0 N–H and O–H groups in total. The number of hydrogen-bond donors (Lipinski definition) is 0. The van der Waals surface area contributed by atoms with Crippen LogP contribution in [-0.4, -0.2) is 60.9 Å². The number of likely N-dealkylation sites (tertiary alicyclic amines) is 1. The maximum Gasteiger partial charge on any atom is 0.312 e. The molecule has 0 unspecified atom stereocenters. The van der Waals surface area contributed by atoms with Crippen LogP contribution in [-0.2, 0) is 23.8 Å². The van der Waals surface area contributed by atoms with Gasteiger partial charge in [-0.05, 0) is 26.7 Å². The third-order valence-corrected chi connectivity index (χ3v) is 5.47. The summed E-state index contributed by atoms with van der Waals surface area (Å²) >= 11 is 0. The van der Waals surface area contributed by atoms with E-state index in [9.17, 15) is 9.59 Å². The number of ether oxygens (including phenoxy) is 3. The van der Waals surface area contributed by atoms with Crippen LogP contribution >= 0.6 is 0 Å². The van der Waals surface area contributed by atoms with Crippen molar-refractivity contribution in [2.45, 2.75) is 64.3 Å². The van der Waals surface area contributed by atoms with Gasteiger partial charge in [-0.15, -0.1) is 0 Å². The zero-order valence-electron chi connectivity index (χ0n) is 16.1. The predicted molar refractivity (Wildman–Crippen MR) is 96.5 cm³/mol. The van der Waals surface area contributed by atoms with E-state index in [-0.39, 0.29) is 24.1 Å². The molecule has 26 heavy (non-hydrogen) atoms. The lowest BCUT2D eigenvalue weighted by molar-refractivity contribution is -0.154. The Kier molecular flexibility index (Phi) is 6.03. The maximum absolute atomic E-state index is 13.0. The van der Waals surface area contributed by atoms with Crippen LogP contribution in [0.4, 0.5) is 0 Å². The van der Waals surface area contributed by atoms with Crippen LogP contribution in [0.3, 0.4) is 0 Å². The van der Waals surface area contributed by atoms with Crippen LogP contribution < -0.4 is 0 Å². The molecule has 0 aromatic heterocycles. The van der Waals surface area contributed by atoms with Crippen LogP contribution in [0.5, 0.6) is 0 Å². The molecule has 2 fully saturated rings. The summed E-state index contributed by atoms with van der Waals surface area (Å²) in [5.41, 5.74) is -0.645. The first-order valence-electron chi connectivity index (χ1n) is 9.92. The highest BCUT2D eigenvalue weighted by atomic mass is 16.6. The van der Waals surface area contributed by atoms with Gasteiger partial charge in [0.25, 0.3) is 0 Å². The lowest BCUT2D eigenvalue weighted by Gasteiger charge is -2.22. The van der Waals surface area contributed by atoms with Crippen molar-refractivity contribution in [3.8, 4) is 0 Å². The van der Waals surface area contributed by atoms with E-state index < -0.39 is 17.4 Å². The minimum Gasteiger partial charge on any atom is -0.465 e. The van der Waals surface area contributed by atoms with Crippen molar-refractivity contribution in [2.75, 3.05) is 26.3 Å². The summed E-state index contributed by atoms with van der Waals surface area (Å²) in [4.78, 5) is 27.4. The Hall–Kier alpha value is -1.40. The molecule has 2 saturated heterocycles. The SMILES string of the molecule is CCCCCOC(=O)[C@@H]1[C@@H]2C=C[C@]3(CN(CCCOC(C)C)C(=O)[C@H]13)O2. The topological polar surface area (TPSA) is 65.1 Å². The third-order valence-electron chi connectivity index (χ3n) is 5.47. The molecular weight excluding hydrogens is 334 g/mol. The number of nitrogens with zero attached hydrogens (tertiary/aromatic N) is 1. The summed E-state index contributed by atoms with van der Waals surface area (Å²) in [6.45, 7) is 8.30. The average molecular weight is 365 g/mol. The van der Waals surface area contributed by atoms with Crippen LogP contribution in [0.25, 0.3) is 0 Å². The number of carbonyl (C=O) groups is 2. The Labute approximate surface area is 155 Å². The molecule has 1 spiro atoms. The van der Waals surface area contributed by atoms with Crippen LogP contribution in [0.2, 0.25) is 0 Å². The molecule has 6 nitrogen and oxygen atoms in total. The monoisotopic (exact) mass is 365 g/mol. The Morgan fingerprint density at radius 2 is 2.15 bits per heavy atom. The quantitative estimate of drug-likeness (QED) is 0.338. The summed E-state index contributed by atoms with van der Waals surface area (Å²) in [7, 11) is 0. The van der Waals surface area contributed by atoms with Gasteiger partial charge in [0, 0.05) is 13.2 Å². The largest absolute Gasteiger partial charge is 0.465 e. The fraction of sp³-hybridized carbons (Fsp3) is 0.800. The van der Waals surface area contributed by atoms with Crippen molar-refractivity contribution in [1.82, 2.24) is 4.90 Å². The molecule has 2 bridgehead atoms. The molecule has 6 heteroatoms. The normalized spacial score (nSPS) is 31.9. The first-order valence-corrected chi connectivity index (χ1v) is 9.92. The fourth-order valence-electron chi connectivity index (χ4n) is 4.23. The first kappa shape index (κ1) is 19.4. The minimum absolute atomic E-state index is 0.0110. The highest BCUT2D eigenvalue weighted by Crippen LogP contribution is 2.52. The highest BCUT2D eigenvalue weighted by molar-refractivity contribution is 5.91. The van der Waals surface area contributed by atoms with Crippen molar-refractivity contribution < 1.29 is 23.8 Å². The summed E-state index contributed by atoms with van der Waals surface area (Å²) < 4.78 is 17.1. The van der Waals surface area contributed by atoms with E-state index in [1.165, 1.54) is 0 Å². The minimum atomic E-state index is -0.645. The number of carbonyl (C=O) groups excluding carboxylic acids is 2. The maximum atomic E-state index is 13.0. The van der Waals surface area contributed by atoms with E-state index in [0.717, 1.165) is 25.7 Å². The Balaban J connectivity index is 1.59. The van der Waals surface area contributed by atoms with Gasteiger partial charge in [0.15, 0.2) is 0 Å². The summed E-state index contributed by atoms with van der Waals surface area (Å²) in [6, 6.07) is 0. The zero-order chi connectivity index (χ0) is 18.7. The van der Waals surface area contributed by atoms with E-state index in [2.05, 4.69) is 6.92 Å². The Bertz CT molecular complexity index is 560. The van der Waals surface area contributed by atoms with Gasteiger partial charge >= 0.3 is 5.97 Å². The van der Waals surface area contributed by atoms with E-state index in [4.69, 9.17) is 14.2 Å². The molecule has 3 aliphatic heterocycles. The molecule has 0 radical (unpaired) electrons. The first-order chi connectivity index (χ1) is 12.5. The second-order valence-corrected chi connectivity index (χ2v) is 7.81. The lowest BCUT2D eigenvalue weighted by atomic mass is 9.77. The average Bonchev–Trinajstić information content (AvgIpc) is 3.24. The second-order valence-electron chi connectivity index (χ2n) is 7.81. The molecule has 3 heterocycles. The predicted octanol–water partition coefficient (Wildman–Crippen LogP) is 2.32. The molecule has 0 aliphatic carbocycles. The molecule has 146 valence electrons. The summed E-state index contributed by atoms with van der Waals surface area (Å²) in [5.74, 6) is -1.23. The van der Waals surface area contributed by atoms with Crippen molar-refractivity contribution in [3.05, 3.63) is 12.2 Å². The lowest BCUT2D eigenvalue weighted by Crippen LogP contribution is -2.40. The number of amides is 1. The molecule has 3 rings (SSSR count). The molecular formula is C20H31NO5. The fourth-order valence-corrected chi connectivity index (χ4v) is 4.23. The molecule has 0 aromatic rings. The summed E-state index contributed by atoms with van der Waals surface area (Å²) in [5, 5.41) is 0. The van der Waals surface area contributed by atoms with Gasteiger partial charge in [-0.3, -0.25) is 9.59 Å². The molecule has 1 amide bonds. The van der Waals surface area contributed by atoms with E-state index in [1.54, 1.807) is 0 Å². The molecule has 0 aromatic carbocycles. The number of esters is 1. The van der Waals surface area contributed by atoms with E-state index >= 15 is 0 Å². The molecule has 4 atom stereocenters. The van der Waals surface area contributed by atoms with Crippen molar-refractivity contribution in [1.29, 1.82) is 0 Å². The highest BCUT2D eigenvalue weighted by Gasteiger charge is 2.67. The van der Waals surface area contributed by atoms with Crippen LogP contribution in [0.15, 0.2) is 12.2 Å².